The van der Waals surface area contributed by atoms with E-state index in [1.807, 2.05) is 6.07 Å². The molecule has 2 aromatic rings. The highest BCUT2D eigenvalue weighted by atomic mass is 15.2. The molecule has 0 aliphatic heterocycles. The van der Waals surface area contributed by atoms with Gasteiger partial charge in [0.15, 0.2) is 0 Å². The third-order valence-corrected chi connectivity index (χ3v) is 3.49. The smallest absolute Gasteiger partial charge is 0.201 e. The summed E-state index contributed by atoms with van der Waals surface area (Å²) in [6.07, 6.45) is 9.97. The summed E-state index contributed by atoms with van der Waals surface area (Å²) in [6.45, 7) is 5.52. The van der Waals surface area contributed by atoms with Gasteiger partial charge in [0, 0.05) is 12.7 Å². The summed E-state index contributed by atoms with van der Waals surface area (Å²) in [4.78, 5) is 8.40. The van der Waals surface area contributed by atoms with Gasteiger partial charge in [0.2, 0.25) is 5.95 Å². The SMILES string of the molecule is CC(C)CCCCCCn1c(N)nc2cnccc21. The number of fused-ring (bicyclic) bond motifs is 1. The summed E-state index contributed by atoms with van der Waals surface area (Å²) in [6, 6.07) is 1.98. The van der Waals surface area contributed by atoms with Gasteiger partial charge in [0.25, 0.3) is 0 Å². The van der Waals surface area contributed by atoms with Crippen LogP contribution in [0.15, 0.2) is 18.5 Å². The van der Waals surface area contributed by atoms with E-state index in [0.29, 0.717) is 5.95 Å². The van der Waals surface area contributed by atoms with Crippen molar-refractivity contribution < 1.29 is 0 Å². The first-order chi connectivity index (χ1) is 9.18. The minimum Gasteiger partial charge on any atom is -0.369 e. The zero-order valence-corrected chi connectivity index (χ0v) is 12.0. The lowest BCUT2D eigenvalue weighted by Gasteiger charge is -2.07. The van der Waals surface area contributed by atoms with Crippen LogP contribution < -0.4 is 5.73 Å². The van der Waals surface area contributed by atoms with E-state index in [-0.39, 0.29) is 0 Å². The fourth-order valence-corrected chi connectivity index (χ4v) is 2.41. The van der Waals surface area contributed by atoms with Crippen LogP contribution in [0.5, 0.6) is 0 Å². The molecule has 2 heterocycles. The van der Waals surface area contributed by atoms with Gasteiger partial charge in [0.05, 0.1) is 11.7 Å². The molecule has 0 atom stereocenters. The third-order valence-electron chi connectivity index (χ3n) is 3.49. The number of rotatable bonds is 7. The van der Waals surface area contributed by atoms with Crippen LogP contribution in [0.2, 0.25) is 0 Å². The lowest BCUT2D eigenvalue weighted by molar-refractivity contribution is 0.508. The van der Waals surface area contributed by atoms with Crippen molar-refractivity contribution in [1.82, 2.24) is 14.5 Å². The molecular formula is C15H24N4. The maximum atomic E-state index is 5.96. The number of nitrogens with zero attached hydrogens (tertiary/aromatic N) is 3. The lowest BCUT2D eigenvalue weighted by atomic mass is 10.0. The van der Waals surface area contributed by atoms with E-state index in [1.54, 1.807) is 12.4 Å². The van der Waals surface area contributed by atoms with E-state index in [4.69, 9.17) is 5.73 Å². The maximum absolute atomic E-state index is 5.96. The van der Waals surface area contributed by atoms with Gasteiger partial charge in [-0.1, -0.05) is 39.5 Å². The van der Waals surface area contributed by atoms with Crippen LogP contribution in [0.4, 0.5) is 5.95 Å². The number of pyridine rings is 1. The third kappa shape index (κ3) is 3.69. The Morgan fingerprint density at radius 2 is 2.00 bits per heavy atom. The molecule has 0 radical (unpaired) electrons. The molecule has 0 saturated heterocycles. The molecule has 0 amide bonds. The highest BCUT2D eigenvalue weighted by Gasteiger charge is 2.06. The molecule has 0 unspecified atom stereocenters. The summed E-state index contributed by atoms with van der Waals surface area (Å²) < 4.78 is 2.10. The Kier molecular flexibility index (Phi) is 4.77. The predicted octanol–water partition coefficient (Wildman–Crippen LogP) is 3.62. The van der Waals surface area contributed by atoms with Gasteiger partial charge in [0.1, 0.15) is 5.52 Å². The molecule has 0 fully saturated rings. The standard InChI is InChI=1S/C15H24N4/c1-12(2)7-5-3-4-6-10-19-14-8-9-17-11-13(14)18-15(19)16/h8-9,11-12H,3-7,10H2,1-2H3,(H2,16,18). The normalized spacial score (nSPS) is 11.5. The first-order valence-electron chi connectivity index (χ1n) is 7.24. The highest BCUT2D eigenvalue weighted by molar-refractivity contribution is 5.76. The topological polar surface area (TPSA) is 56.7 Å². The molecule has 4 heteroatoms. The highest BCUT2D eigenvalue weighted by Crippen LogP contribution is 2.18. The van der Waals surface area contributed by atoms with Crippen molar-refractivity contribution in [2.45, 2.75) is 52.5 Å². The average molecular weight is 260 g/mol. The number of aryl methyl sites for hydroxylation is 1. The number of aromatic nitrogens is 3. The fraction of sp³-hybridized carbons (Fsp3) is 0.600. The number of nitrogens with two attached hydrogens (primary N) is 1. The maximum Gasteiger partial charge on any atom is 0.201 e. The van der Waals surface area contributed by atoms with Crippen molar-refractivity contribution in [3.8, 4) is 0 Å². The van der Waals surface area contributed by atoms with E-state index in [1.165, 1.54) is 25.7 Å². The Hall–Kier alpha value is -1.58. The number of imidazole rings is 1. The number of unbranched alkanes of at least 4 members (excludes halogenated alkanes) is 3. The zero-order valence-electron chi connectivity index (χ0n) is 12.0. The average Bonchev–Trinajstić information content (AvgIpc) is 2.69. The van der Waals surface area contributed by atoms with Crippen LogP contribution in [0.25, 0.3) is 11.0 Å². The summed E-state index contributed by atoms with van der Waals surface area (Å²) >= 11 is 0. The van der Waals surface area contributed by atoms with Crippen molar-refractivity contribution >= 4 is 17.0 Å². The number of hydrogen-bond acceptors (Lipinski definition) is 3. The number of hydrogen-bond donors (Lipinski definition) is 1. The molecule has 0 aromatic carbocycles. The summed E-state index contributed by atoms with van der Waals surface area (Å²) in [5.41, 5.74) is 7.94. The molecule has 0 bridgehead atoms. The van der Waals surface area contributed by atoms with Gasteiger partial charge in [-0.2, -0.15) is 0 Å². The fourth-order valence-electron chi connectivity index (χ4n) is 2.41. The summed E-state index contributed by atoms with van der Waals surface area (Å²) in [5.74, 6) is 1.42. The van der Waals surface area contributed by atoms with Crippen LogP contribution in [0.3, 0.4) is 0 Å². The summed E-state index contributed by atoms with van der Waals surface area (Å²) in [7, 11) is 0. The molecular weight excluding hydrogens is 236 g/mol. The van der Waals surface area contributed by atoms with Crippen LogP contribution >= 0.6 is 0 Å². The Balaban J connectivity index is 1.83. The van der Waals surface area contributed by atoms with Crippen LogP contribution in [0, 0.1) is 5.92 Å². The minimum absolute atomic E-state index is 0.602. The Morgan fingerprint density at radius 3 is 2.79 bits per heavy atom. The summed E-state index contributed by atoms with van der Waals surface area (Å²) in [5, 5.41) is 0. The molecule has 0 aliphatic rings. The molecule has 0 aliphatic carbocycles. The van der Waals surface area contributed by atoms with Gasteiger partial charge in [-0.05, 0) is 18.4 Å². The van der Waals surface area contributed by atoms with E-state index in [9.17, 15) is 0 Å². The van der Waals surface area contributed by atoms with E-state index >= 15 is 0 Å². The van der Waals surface area contributed by atoms with Crippen molar-refractivity contribution in [2.75, 3.05) is 5.73 Å². The molecule has 19 heavy (non-hydrogen) atoms. The second-order valence-corrected chi connectivity index (χ2v) is 5.58. The molecule has 2 rings (SSSR count). The van der Waals surface area contributed by atoms with Crippen LogP contribution in [-0.4, -0.2) is 14.5 Å². The first-order valence-corrected chi connectivity index (χ1v) is 7.24. The number of anilines is 1. The zero-order chi connectivity index (χ0) is 13.7. The van der Waals surface area contributed by atoms with Crippen molar-refractivity contribution in [1.29, 1.82) is 0 Å². The largest absolute Gasteiger partial charge is 0.369 e. The lowest BCUT2D eigenvalue weighted by Crippen LogP contribution is -2.03. The Morgan fingerprint density at radius 1 is 1.21 bits per heavy atom. The van der Waals surface area contributed by atoms with E-state index in [0.717, 1.165) is 29.9 Å². The van der Waals surface area contributed by atoms with Crippen LogP contribution in [-0.2, 0) is 6.54 Å². The Bertz CT molecular complexity index is 516. The first kappa shape index (κ1) is 13.8. The Labute approximate surface area is 115 Å². The second kappa shape index (κ2) is 6.55. The molecule has 2 aromatic heterocycles. The van der Waals surface area contributed by atoms with Crippen molar-refractivity contribution in [3.05, 3.63) is 18.5 Å². The predicted molar refractivity (Wildman–Crippen MR) is 79.9 cm³/mol. The minimum atomic E-state index is 0.602. The molecule has 104 valence electrons. The quantitative estimate of drug-likeness (QED) is 0.773. The van der Waals surface area contributed by atoms with Gasteiger partial charge in [-0.3, -0.25) is 4.98 Å². The molecule has 4 nitrogen and oxygen atoms in total. The van der Waals surface area contributed by atoms with Gasteiger partial charge in [-0.15, -0.1) is 0 Å². The molecule has 0 saturated carbocycles. The van der Waals surface area contributed by atoms with Gasteiger partial charge in [-0.25, -0.2) is 4.98 Å². The van der Waals surface area contributed by atoms with Crippen molar-refractivity contribution in [2.24, 2.45) is 5.92 Å². The van der Waals surface area contributed by atoms with Crippen LogP contribution in [0.1, 0.15) is 46.0 Å². The monoisotopic (exact) mass is 260 g/mol. The molecule has 0 spiro atoms. The number of nitrogen functional groups attached to an aromatic ring is 1. The second-order valence-electron chi connectivity index (χ2n) is 5.58. The van der Waals surface area contributed by atoms with Gasteiger partial charge >= 0.3 is 0 Å². The van der Waals surface area contributed by atoms with E-state index in [2.05, 4.69) is 28.4 Å². The molecule has 2 N–H and O–H groups in total. The van der Waals surface area contributed by atoms with Gasteiger partial charge < -0.3 is 10.3 Å². The van der Waals surface area contributed by atoms with E-state index < -0.39 is 0 Å². The van der Waals surface area contributed by atoms with Crippen molar-refractivity contribution in [3.63, 3.8) is 0 Å².